The van der Waals surface area contributed by atoms with E-state index in [1.54, 1.807) is 0 Å². The van der Waals surface area contributed by atoms with Crippen molar-refractivity contribution in [3.8, 4) is 0 Å². The second kappa shape index (κ2) is 7.60. The van der Waals surface area contributed by atoms with Gasteiger partial charge in [0.05, 0.1) is 12.3 Å². The van der Waals surface area contributed by atoms with Gasteiger partial charge >= 0.3 is 0 Å². The molecule has 0 fully saturated rings. The first-order valence-electron chi connectivity index (χ1n) is 5.05. The molecule has 1 unspecified atom stereocenters. The lowest BCUT2D eigenvalue weighted by Crippen LogP contribution is -2.39. The number of hydrogen-bond donors (Lipinski definition) is 2. The second-order valence-electron chi connectivity index (χ2n) is 3.78. The lowest BCUT2D eigenvalue weighted by atomic mass is 10.2. The molecule has 0 saturated heterocycles. The number of aromatic nitrogens is 1. The first kappa shape index (κ1) is 16.3. The summed E-state index contributed by atoms with van der Waals surface area (Å²) in [4.78, 5) is 15.8. The molecule has 1 rings (SSSR count). The first-order chi connectivity index (χ1) is 7.54. The average molecular weight is 280 g/mol. The quantitative estimate of drug-likeness (QED) is 0.858. The number of methoxy groups -OCH3 is 1. The van der Waals surface area contributed by atoms with Crippen molar-refractivity contribution in [1.82, 2.24) is 4.98 Å². The third kappa shape index (κ3) is 4.99. The Morgan fingerprint density at radius 3 is 2.76 bits per heavy atom. The number of carbonyl (C=O) groups is 1. The lowest BCUT2D eigenvalue weighted by molar-refractivity contribution is -0.118. The summed E-state index contributed by atoms with van der Waals surface area (Å²) in [7, 11) is 1.51. The molecule has 1 atom stereocenters. The molecule has 0 aliphatic heterocycles. The minimum absolute atomic E-state index is 0. The van der Waals surface area contributed by atoms with Crippen LogP contribution in [-0.4, -0.2) is 30.6 Å². The zero-order valence-corrected chi connectivity index (χ0v) is 11.7. The van der Waals surface area contributed by atoms with Crippen molar-refractivity contribution in [3.63, 3.8) is 0 Å². The number of anilines is 1. The predicted octanol–water partition coefficient (Wildman–Crippen LogP) is 1.60. The average Bonchev–Trinajstić information content (AvgIpc) is 2.66. The van der Waals surface area contributed by atoms with Crippen molar-refractivity contribution in [2.75, 3.05) is 19.0 Å². The number of carbonyl (C=O) groups excluding carboxylic acids is 1. The Kier molecular flexibility index (Phi) is 7.29. The predicted molar refractivity (Wildman–Crippen MR) is 71.9 cm³/mol. The first-order valence-corrected chi connectivity index (χ1v) is 5.93. The summed E-state index contributed by atoms with van der Waals surface area (Å²) in [5.74, 6) is 0.0843. The van der Waals surface area contributed by atoms with E-state index in [4.69, 9.17) is 10.5 Å². The lowest BCUT2D eigenvalue weighted by Gasteiger charge is -2.08. The second-order valence-corrected chi connectivity index (χ2v) is 4.64. The molecule has 0 aromatic carbocycles. The van der Waals surface area contributed by atoms with E-state index in [2.05, 4.69) is 24.1 Å². The monoisotopic (exact) mass is 279 g/mol. The number of ether oxygens (including phenoxy) is 1. The number of hydrogen-bond acceptors (Lipinski definition) is 5. The normalized spacial score (nSPS) is 12.1. The van der Waals surface area contributed by atoms with Gasteiger partial charge in [-0.15, -0.1) is 23.7 Å². The van der Waals surface area contributed by atoms with Crippen LogP contribution in [0, 0.1) is 0 Å². The zero-order valence-electron chi connectivity index (χ0n) is 10.1. The van der Waals surface area contributed by atoms with Gasteiger partial charge in [-0.05, 0) is 5.92 Å². The van der Waals surface area contributed by atoms with Gasteiger partial charge < -0.3 is 15.8 Å². The summed E-state index contributed by atoms with van der Waals surface area (Å²) in [6.07, 6.45) is 0. The van der Waals surface area contributed by atoms with Gasteiger partial charge in [-0.1, -0.05) is 13.8 Å². The Balaban J connectivity index is 0.00000256. The SMILES string of the molecule is COCC(N)C(=O)Nc1nc(C(C)C)cs1.Cl. The van der Waals surface area contributed by atoms with E-state index in [1.807, 2.05) is 5.38 Å². The van der Waals surface area contributed by atoms with Crippen LogP contribution in [0.2, 0.25) is 0 Å². The van der Waals surface area contributed by atoms with Crippen molar-refractivity contribution < 1.29 is 9.53 Å². The Morgan fingerprint density at radius 1 is 1.65 bits per heavy atom. The molecule has 17 heavy (non-hydrogen) atoms. The number of nitrogens with zero attached hydrogens (tertiary/aromatic N) is 1. The van der Waals surface area contributed by atoms with Crippen LogP contribution in [0.3, 0.4) is 0 Å². The molecule has 1 aromatic rings. The molecule has 3 N–H and O–H groups in total. The fourth-order valence-corrected chi connectivity index (χ4v) is 1.94. The van der Waals surface area contributed by atoms with E-state index in [0.717, 1.165) is 5.69 Å². The molecule has 0 bridgehead atoms. The molecule has 5 nitrogen and oxygen atoms in total. The van der Waals surface area contributed by atoms with Gasteiger partial charge in [-0.3, -0.25) is 4.79 Å². The molecular weight excluding hydrogens is 262 g/mol. The van der Waals surface area contributed by atoms with E-state index in [1.165, 1.54) is 18.4 Å². The van der Waals surface area contributed by atoms with Crippen molar-refractivity contribution in [2.45, 2.75) is 25.8 Å². The van der Waals surface area contributed by atoms with E-state index >= 15 is 0 Å². The van der Waals surface area contributed by atoms with E-state index in [9.17, 15) is 4.79 Å². The van der Waals surface area contributed by atoms with Crippen LogP contribution in [0.4, 0.5) is 5.13 Å². The summed E-state index contributed by atoms with van der Waals surface area (Å²) in [5.41, 5.74) is 6.55. The largest absolute Gasteiger partial charge is 0.383 e. The molecule has 1 heterocycles. The highest BCUT2D eigenvalue weighted by Crippen LogP contribution is 2.21. The van der Waals surface area contributed by atoms with Gasteiger partial charge in [-0.25, -0.2) is 4.98 Å². The van der Waals surface area contributed by atoms with Crippen LogP contribution in [0.15, 0.2) is 5.38 Å². The third-order valence-electron chi connectivity index (χ3n) is 2.03. The molecule has 0 radical (unpaired) electrons. The fourth-order valence-electron chi connectivity index (χ4n) is 1.06. The van der Waals surface area contributed by atoms with Gasteiger partial charge in [0.1, 0.15) is 6.04 Å². The van der Waals surface area contributed by atoms with Gasteiger partial charge in [0, 0.05) is 12.5 Å². The van der Waals surface area contributed by atoms with Crippen LogP contribution in [-0.2, 0) is 9.53 Å². The Morgan fingerprint density at radius 2 is 2.29 bits per heavy atom. The van der Waals surface area contributed by atoms with Crippen LogP contribution in [0.1, 0.15) is 25.5 Å². The molecule has 1 amide bonds. The van der Waals surface area contributed by atoms with Gasteiger partial charge in [0.25, 0.3) is 0 Å². The molecule has 1 aromatic heterocycles. The van der Waals surface area contributed by atoms with E-state index in [-0.39, 0.29) is 24.9 Å². The van der Waals surface area contributed by atoms with Gasteiger partial charge in [-0.2, -0.15) is 0 Å². The number of halogens is 1. The summed E-state index contributed by atoms with van der Waals surface area (Å²) >= 11 is 1.40. The van der Waals surface area contributed by atoms with Crippen LogP contribution < -0.4 is 11.1 Å². The third-order valence-corrected chi connectivity index (χ3v) is 2.80. The van der Waals surface area contributed by atoms with Crippen LogP contribution >= 0.6 is 23.7 Å². The maximum Gasteiger partial charge on any atom is 0.245 e. The standard InChI is InChI=1S/C10H17N3O2S.ClH/c1-6(2)8-5-16-10(12-8)13-9(14)7(11)4-15-3;/h5-7H,4,11H2,1-3H3,(H,12,13,14);1H. The van der Waals surface area contributed by atoms with Crippen molar-refractivity contribution >= 4 is 34.8 Å². The summed E-state index contributed by atoms with van der Waals surface area (Å²) in [6.45, 7) is 4.31. The number of nitrogens with one attached hydrogen (secondary N) is 1. The Labute approximate surface area is 111 Å². The topological polar surface area (TPSA) is 77.2 Å². The van der Waals surface area contributed by atoms with Crippen molar-refractivity contribution in [2.24, 2.45) is 5.73 Å². The molecule has 98 valence electrons. The maximum absolute atomic E-state index is 11.5. The molecule has 0 saturated carbocycles. The zero-order chi connectivity index (χ0) is 12.1. The maximum atomic E-state index is 11.5. The Hall–Kier alpha value is -0.690. The van der Waals surface area contributed by atoms with Crippen LogP contribution in [0.5, 0.6) is 0 Å². The molecule has 7 heteroatoms. The highest BCUT2D eigenvalue weighted by Gasteiger charge is 2.15. The van der Waals surface area contributed by atoms with Gasteiger partial charge in [0.15, 0.2) is 5.13 Å². The van der Waals surface area contributed by atoms with Gasteiger partial charge in [0.2, 0.25) is 5.91 Å². The fraction of sp³-hybridized carbons (Fsp3) is 0.600. The molecule has 0 spiro atoms. The molecular formula is C10H18ClN3O2S. The van der Waals surface area contributed by atoms with E-state index in [0.29, 0.717) is 11.0 Å². The highest BCUT2D eigenvalue weighted by atomic mass is 35.5. The number of amides is 1. The number of rotatable bonds is 5. The Bertz CT molecular complexity index is 357. The summed E-state index contributed by atoms with van der Waals surface area (Å²) in [6, 6.07) is -0.656. The number of thiazole rings is 1. The number of nitrogens with two attached hydrogens (primary N) is 1. The summed E-state index contributed by atoms with van der Waals surface area (Å²) in [5, 5.41) is 5.18. The minimum Gasteiger partial charge on any atom is -0.383 e. The summed E-state index contributed by atoms with van der Waals surface area (Å²) < 4.78 is 4.80. The van der Waals surface area contributed by atoms with Crippen LogP contribution in [0.25, 0.3) is 0 Å². The van der Waals surface area contributed by atoms with Crippen molar-refractivity contribution in [3.05, 3.63) is 11.1 Å². The molecule has 0 aliphatic carbocycles. The smallest absolute Gasteiger partial charge is 0.245 e. The van der Waals surface area contributed by atoms with E-state index < -0.39 is 6.04 Å². The van der Waals surface area contributed by atoms with Crippen molar-refractivity contribution in [1.29, 1.82) is 0 Å². The minimum atomic E-state index is -0.656. The highest BCUT2D eigenvalue weighted by molar-refractivity contribution is 7.13. The molecule has 0 aliphatic rings.